The zero-order valence-corrected chi connectivity index (χ0v) is 16.8. The summed E-state index contributed by atoms with van der Waals surface area (Å²) in [4.78, 5) is 49.2. The molecule has 1 aliphatic heterocycles. The average molecular weight is 407 g/mol. The second-order valence-corrected chi connectivity index (χ2v) is 6.73. The lowest BCUT2D eigenvalue weighted by Crippen LogP contribution is -2.44. The molecule has 0 bridgehead atoms. The molecule has 0 unspecified atom stereocenters. The molecule has 1 fully saturated rings. The van der Waals surface area contributed by atoms with E-state index in [9.17, 15) is 19.2 Å². The molecule has 1 aliphatic rings. The van der Waals surface area contributed by atoms with Crippen molar-refractivity contribution in [2.24, 2.45) is 5.92 Å². The molecule has 1 atom stereocenters. The first kappa shape index (κ1) is 22.0. The Balaban J connectivity index is 1.94. The number of imide groups is 1. The van der Waals surface area contributed by atoms with Gasteiger partial charge in [-0.05, 0) is 26.0 Å². The summed E-state index contributed by atoms with van der Waals surface area (Å²) >= 11 is 0. The van der Waals surface area contributed by atoms with E-state index in [2.05, 4.69) is 10.6 Å². The van der Waals surface area contributed by atoms with Crippen molar-refractivity contribution in [3.05, 3.63) is 18.2 Å². The highest BCUT2D eigenvalue weighted by atomic mass is 16.5. The minimum Gasteiger partial charge on any atom is -0.497 e. The summed E-state index contributed by atoms with van der Waals surface area (Å²) in [5.74, 6) is -1.44. The van der Waals surface area contributed by atoms with Crippen LogP contribution in [0.5, 0.6) is 11.5 Å². The molecule has 1 saturated heterocycles. The van der Waals surface area contributed by atoms with Crippen LogP contribution >= 0.6 is 0 Å². The van der Waals surface area contributed by atoms with Gasteiger partial charge >= 0.3 is 12.0 Å². The van der Waals surface area contributed by atoms with Gasteiger partial charge in [0.1, 0.15) is 11.5 Å². The lowest BCUT2D eigenvalue weighted by molar-refractivity contribution is -0.152. The Morgan fingerprint density at radius 1 is 1.21 bits per heavy atom. The first-order valence-electron chi connectivity index (χ1n) is 9.04. The second kappa shape index (κ2) is 9.76. The van der Waals surface area contributed by atoms with Crippen LogP contribution < -0.4 is 25.0 Å². The van der Waals surface area contributed by atoms with Gasteiger partial charge < -0.3 is 24.4 Å². The first-order valence-corrected chi connectivity index (χ1v) is 9.04. The number of carbonyl (C=O) groups is 4. The van der Waals surface area contributed by atoms with Gasteiger partial charge in [-0.3, -0.25) is 19.7 Å². The molecular weight excluding hydrogens is 382 g/mol. The molecule has 2 rings (SSSR count). The van der Waals surface area contributed by atoms with Crippen LogP contribution in [-0.4, -0.2) is 57.2 Å². The molecule has 0 spiro atoms. The average Bonchev–Trinajstić information content (AvgIpc) is 3.06. The summed E-state index contributed by atoms with van der Waals surface area (Å²) in [5.41, 5.74) is 0.511. The minimum atomic E-state index is -0.755. The molecule has 10 heteroatoms. The fourth-order valence-corrected chi connectivity index (χ4v) is 2.82. The van der Waals surface area contributed by atoms with E-state index < -0.39 is 30.4 Å². The fourth-order valence-electron chi connectivity index (χ4n) is 2.82. The van der Waals surface area contributed by atoms with E-state index in [0.717, 1.165) is 0 Å². The Morgan fingerprint density at radius 2 is 1.93 bits per heavy atom. The Bertz CT molecular complexity index is 794. The standard InChI is InChI=1S/C19H25N3O7/c1-11(2)20-19(26)21-16(23)10-29-18(25)12-7-17(24)22(9-12)14-6-5-13(27-3)8-15(14)28-4/h5-6,8,11-12H,7,9-10H2,1-4H3,(H2,20,21,23,26)/t12-/m0/s1. The Morgan fingerprint density at radius 3 is 2.55 bits per heavy atom. The van der Waals surface area contributed by atoms with Gasteiger partial charge in [-0.15, -0.1) is 0 Å². The number of methoxy groups -OCH3 is 2. The highest BCUT2D eigenvalue weighted by Crippen LogP contribution is 2.35. The zero-order chi connectivity index (χ0) is 21.6. The SMILES string of the molecule is COc1ccc(N2C[C@@H](C(=O)OCC(=O)NC(=O)NC(C)C)CC2=O)c(OC)c1. The molecular formula is C19H25N3O7. The van der Waals surface area contributed by atoms with Gasteiger partial charge in [0.2, 0.25) is 5.91 Å². The summed E-state index contributed by atoms with van der Waals surface area (Å²) in [7, 11) is 2.99. The largest absolute Gasteiger partial charge is 0.497 e. The predicted molar refractivity (Wildman–Crippen MR) is 103 cm³/mol. The summed E-state index contributed by atoms with van der Waals surface area (Å²) in [6, 6.07) is 4.18. The lowest BCUT2D eigenvalue weighted by Gasteiger charge is -2.20. The molecule has 0 radical (unpaired) electrons. The maximum absolute atomic E-state index is 12.4. The van der Waals surface area contributed by atoms with Crippen LogP contribution in [0.4, 0.5) is 10.5 Å². The van der Waals surface area contributed by atoms with Crippen molar-refractivity contribution in [3.63, 3.8) is 0 Å². The van der Waals surface area contributed by atoms with Crippen molar-refractivity contribution >= 4 is 29.5 Å². The van der Waals surface area contributed by atoms with Crippen LogP contribution in [0.1, 0.15) is 20.3 Å². The number of hydrogen-bond acceptors (Lipinski definition) is 7. The smallest absolute Gasteiger partial charge is 0.321 e. The van der Waals surface area contributed by atoms with E-state index in [-0.39, 0.29) is 24.9 Å². The second-order valence-electron chi connectivity index (χ2n) is 6.73. The van der Waals surface area contributed by atoms with Gasteiger partial charge in [0.25, 0.3) is 5.91 Å². The van der Waals surface area contributed by atoms with Crippen LogP contribution in [0.2, 0.25) is 0 Å². The molecule has 10 nitrogen and oxygen atoms in total. The third-order valence-corrected chi connectivity index (χ3v) is 4.15. The molecule has 0 aromatic heterocycles. The normalized spacial score (nSPS) is 15.8. The predicted octanol–water partition coefficient (Wildman–Crippen LogP) is 0.834. The molecule has 158 valence electrons. The monoisotopic (exact) mass is 407 g/mol. The molecule has 1 aromatic carbocycles. The van der Waals surface area contributed by atoms with Crippen LogP contribution in [0.3, 0.4) is 0 Å². The zero-order valence-electron chi connectivity index (χ0n) is 16.8. The highest BCUT2D eigenvalue weighted by Gasteiger charge is 2.37. The summed E-state index contributed by atoms with van der Waals surface area (Å²) in [5, 5.41) is 4.54. The fraction of sp³-hybridized carbons (Fsp3) is 0.474. The van der Waals surface area contributed by atoms with Crippen molar-refractivity contribution in [1.29, 1.82) is 0 Å². The van der Waals surface area contributed by atoms with E-state index in [4.69, 9.17) is 14.2 Å². The van der Waals surface area contributed by atoms with Crippen molar-refractivity contribution in [3.8, 4) is 11.5 Å². The highest BCUT2D eigenvalue weighted by molar-refractivity contribution is 6.01. The van der Waals surface area contributed by atoms with E-state index >= 15 is 0 Å². The topological polar surface area (TPSA) is 123 Å². The Hall–Kier alpha value is -3.30. The van der Waals surface area contributed by atoms with E-state index in [1.54, 1.807) is 32.0 Å². The van der Waals surface area contributed by atoms with Gasteiger partial charge in [0, 0.05) is 25.1 Å². The summed E-state index contributed by atoms with van der Waals surface area (Å²) in [6.07, 6.45) is -0.0521. The number of nitrogens with one attached hydrogen (secondary N) is 2. The number of ether oxygens (including phenoxy) is 3. The summed E-state index contributed by atoms with van der Waals surface area (Å²) in [6.45, 7) is 2.96. The lowest BCUT2D eigenvalue weighted by atomic mass is 10.1. The summed E-state index contributed by atoms with van der Waals surface area (Å²) < 4.78 is 15.4. The number of anilines is 1. The van der Waals surface area contributed by atoms with Gasteiger partial charge in [-0.25, -0.2) is 4.79 Å². The minimum absolute atomic E-state index is 0.0521. The van der Waals surface area contributed by atoms with E-state index in [0.29, 0.717) is 17.2 Å². The van der Waals surface area contributed by atoms with Gasteiger partial charge in [-0.1, -0.05) is 0 Å². The number of nitrogens with zero attached hydrogens (tertiary/aromatic N) is 1. The van der Waals surface area contributed by atoms with Gasteiger partial charge in [0.15, 0.2) is 6.61 Å². The molecule has 1 heterocycles. The first-order chi connectivity index (χ1) is 13.7. The van der Waals surface area contributed by atoms with Crippen molar-refractivity contribution in [2.45, 2.75) is 26.3 Å². The molecule has 1 aromatic rings. The molecule has 29 heavy (non-hydrogen) atoms. The number of urea groups is 1. The quantitative estimate of drug-likeness (QED) is 0.642. The van der Waals surface area contributed by atoms with Crippen molar-refractivity contribution in [2.75, 3.05) is 32.3 Å². The van der Waals surface area contributed by atoms with Crippen molar-refractivity contribution in [1.82, 2.24) is 10.6 Å². The number of esters is 1. The Kier molecular flexibility index (Phi) is 7.40. The van der Waals surface area contributed by atoms with E-state index in [1.807, 2.05) is 0 Å². The molecule has 0 saturated carbocycles. The maximum Gasteiger partial charge on any atom is 0.321 e. The maximum atomic E-state index is 12.4. The van der Waals surface area contributed by atoms with Crippen LogP contribution in [0.25, 0.3) is 0 Å². The molecule has 2 N–H and O–H groups in total. The van der Waals surface area contributed by atoms with Gasteiger partial charge in [0.05, 0.1) is 25.8 Å². The number of rotatable bonds is 7. The number of hydrogen-bond donors (Lipinski definition) is 2. The number of benzene rings is 1. The number of amides is 4. The van der Waals surface area contributed by atoms with Gasteiger partial charge in [-0.2, -0.15) is 0 Å². The van der Waals surface area contributed by atoms with E-state index in [1.165, 1.54) is 19.1 Å². The number of carbonyl (C=O) groups excluding carboxylic acids is 4. The third kappa shape index (κ3) is 5.84. The van der Waals surface area contributed by atoms with Crippen molar-refractivity contribution < 1.29 is 33.4 Å². The van der Waals surface area contributed by atoms with Crippen LogP contribution in [0.15, 0.2) is 18.2 Å². The molecule has 4 amide bonds. The van der Waals surface area contributed by atoms with Crippen LogP contribution in [0, 0.1) is 5.92 Å². The Labute approximate surface area is 168 Å². The third-order valence-electron chi connectivity index (χ3n) is 4.15. The van der Waals surface area contributed by atoms with Crippen LogP contribution in [-0.2, 0) is 19.1 Å². The molecule has 0 aliphatic carbocycles.